The molecule has 0 radical (unpaired) electrons. The molecule has 10 atom stereocenters. The van der Waals surface area contributed by atoms with Crippen LogP contribution < -0.4 is 9.64 Å². The molecule has 3 fully saturated rings. The number of ether oxygens (including phenoxy) is 4. The number of H-pyrrole nitrogens is 1. The summed E-state index contributed by atoms with van der Waals surface area (Å²) >= 11 is 0. The van der Waals surface area contributed by atoms with Gasteiger partial charge in [-0.3, -0.25) is 29.0 Å². The van der Waals surface area contributed by atoms with Gasteiger partial charge in [-0.1, -0.05) is 37.8 Å². The average Bonchev–Trinajstić information content (AvgIpc) is 4.00. The Labute approximate surface area is 395 Å². The molecule has 1 aromatic heterocycles. The van der Waals surface area contributed by atoms with Gasteiger partial charge >= 0.3 is 23.9 Å². The number of methoxy groups -OCH3 is 3. The largest absolute Gasteiger partial charge is 0.496 e. The SMILES string of the molecule is CC[C@]1(O)C[C@@H]2CN(CCc3c([nH]c4ccc(C#CCCCC(=O)O)cc34)[C@@](C(=O)OC)(c3cc4c(cc3OC)N(C=O)[C@H]3[C@@](O)(C(=O)OC)[C@H](OC(C)=O)[C@]5(CC)C=CCN6CC[C@]43[C@@H]65)C2)C1. The van der Waals surface area contributed by atoms with Crippen LogP contribution in [0.2, 0.25) is 0 Å². The summed E-state index contributed by atoms with van der Waals surface area (Å²) in [7, 11) is 4.02. The molecule has 16 heteroatoms. The Hall–Kier alpha value is -5.73. The number of carbonyl (C=O) groups excluding carboxylic acids is 4. The normalized spacial score (nSPS) is 33.3. The molecule has 2 aromatic carbocycles. The molecule has 362 valence electrons. The number of nitrogens with zero attached hydrogens (tertiary/aromatic N) is 3. The lowest BCUT2D eigenvalue weighted by Crippen LogP contribution is -2.81. The number of aliphatic hydroxyl groups is 2. The Morgan fingerprint density at radius 3 is 2.43 bits per heavy atom. The van der Waals surface area contributed by atoms with Crippen molar-refractivity contribution < 1.29 is 58.2 Å². The minimum Gasteiger partial charge on any atom is -0.496 e. The highest BCUT2D eigenvalue weighted by Crippen LogP contribution is 2.68. The van der Waals surface area contributed by atoms with E-state index < -0.39 is 69.5 Å². The molecule has 6 aliphatic rings. The number of carbonyl (C=O) groups is 5. The number of carboxylic acid groups (broad SMARTS) is 1. The quantitative estimate of drug-likeness (QED) is 0.0533. The van der Waals surface area contributed by atoms with Gasteiger partial charge in [0, 0.05) is 96.6 Å². The van der Waals surface area contributed by atoms with Crippen molar-refractivity contribution in [1.29, 1.82) is 0 Å². The zero-order valence-corrected chi connectivity index (χ0v) is 39.7. The summed E-state index contributed by atoms with van der Waals surface area (Å²) in [6.45, 7) is 7.82. The van der Waals surface area contributed by atoms with E-state index >= 15 is 4.79 Å². The van der Waals surface area contributed by atoms with Crippen molar-refractivity contribution in [3.8, 4) is 17.6 Å². The molecule has 16 nitrogen and oxygen atoms in total. The van der Waals surface area contributed by atoms with Crippen LogP contribution in [0, 0.1) is 23.2 Å². The predicted octanol–water partition coefficient (Wildman–Crippen LogP) is 4.12. The fraction of sp³-hybridized carbons (Fsp3) is 0.558. The van der Waals surface area contributed by atoms with Gasteiger partial charge in [0.05, 0.1) is 38.7 Å². The highest BCUT2D eigenvalue weighted by molar-refractivity contribution is 5.97. The topological polar surface area (TPSA) is 208 Å². The molecule has 1 saturated carbocycles. The van der Waals surface area contributed by atoms with E-state index in [1.165, 1.54) is 26.0 Å². The van der Waals surface area contributed by atoms with Gasteiger partial charge in [0.2, 0.25) is 12.0 Å². The summed E-state index contributed by atoms with van der Waals surface area (Å²) < 4.78 is 23.8. The predicted molar refractivity (Wildman–Crippen MR) is 249 cm³/mol. The van der Waals surface area contributed by atoms with Gasteiger partial charge < -0.3 is 44.2 Å². The third-order valence-corrected chi connectivity index (χ3v) is 16.5. The molecule has 1 amide bonds. The first-order valence-electron chi connectivity index (χ1n) is 23.8. The third-order valence-electron chi connectivity index (χ3n) is 16.5. The summed E-state index contributed by atoms with van der Waals surface area (Å²) in [4.78, 5) is 77.8. The highest BCUT2D eigenvalue weighted by atomic mass is 16.6. The summed E-state index contributed by atoms with van der Waals surface area (Å²) in [6, 6.07) is 7.63. The second kappa shape index (κ2) is 17.3. The van der Waals surface area contributed by atoms with Gasteiger partial charge in [-0.15, -0.1) is 0 Å². The molecular formula is C52H62N4O12. The van der Waals surface area contributed by atoms with Crippen molar-refractivity contribution in [2.45, 2.75) is 119 Å². The Balaban J connectivity index is 1.34. The fourth-order valence-corrected chi connectivity index (χ4v) is 14.0. The number of nitrogens with one attached hydrogen (secondary N) is 1. The number of amides is 1. The number of esters is 3. The number of hydrogen-bond acceptors (Lipinski definition) is 13. The van der Waals surface area contributed by atoms with E-state index in [-0.39, 0.29) is 24.5 Å². The van der Waals surface area contributed by atoms with Crippen LogP contribution in [0.3, 0.4) is 0 Å². The zero-order valence-electron chi connectivity index (χ0n) is 39.7. The van der Waals surface area contributed by atoms with Crippen molar-refractivity contribution >= 4 is 46.9 Å². The lowest BCUT2D eigenvalue weighted by molar-refractivity contribution is -0.228. The molecule has 6 heterocycles. The minimum atomic E-state index is -2.58. The third kappa shape index (κ3) is 6.81. The summed E-state index contributed by atoms with van der Waals surface area (Å²) in [5.74, 6) is 3.16. The number of aromatic amines is 1. The van der Waals surface area contributed by atoms with Gasteiger partial charge in [0.25, 0.3) is 0 Å². The molecule has 4 N–H and O–H groups in total. The van der Waals surface area contributed by atoms with Crippen LogP contribution in [0.5, 0.6) is 5.75 Å². The Kier molecular flexibility index (Phi) is 12.1. The van der Waals surface area contributed by atoms with Crippen molar-refractivity contribution in [1.82, 2.24) is 14.8 Å². The lowest BCUT2D eigenvalue weighted by Gasteiger charge is -2.63. The number of fused-ring (bicyclic) bond motifs is 6. The van der Waals surface area contributed by atoms with Crippen LogP contribution in [0.25, 0.3) is 10.9 Å². The van der Waals surface area contributed by atoms with E-state index in [1.807, 2.05) is 50.3 Å². The summed E-state index contributed by atoms with van der Waals surface area (Å²) in [5, 5.41) is 35.5. The minimum absolute atomic E-state index is 0.0246. The van der Waals surface area contributed by atoms with Gasteiger partial charge in [0.15, 0.2) is 6.10 Å². The van der Waals surface area contributed by atoms with Crippen LogP contribution >= 0.6 is 0 Å². The standard InChI is InChI=1S/C52H62N4O12/c1-7-48(63)26-33-27-51(46(61)66-5,42-34(17-21-54(28-33)29-48)35-23-32(15-16-38(35)53-42)13-10-9-11-14-41(59)60)37-24-36-39(25-40(37)65-4)56(30-57)44-50(36)19-22-55-20-12-18-49(8-2,43(50)55)45(68-31(3)58)52(44,64)47(62)67-6/h12,15-16,18,23-25,30,33,43-45,53,63-64H,7-9,11,14,17,19-22,26-29H2,1-6H3,(H,59,60)/t33-,43-,44+,45+,48-,49+,50+,51-,52-/m0/s1. The first-order valence-corrected chi connectivity index (χ1v) is 23.8. The maximum atomic E-state index is 15.6. The van der Waals surface area contributed by atoms with Crippen molar-refractivity contribution in [2.75, 3.05) is 59.0 Å². The van der Waals surface area contributed by atoms with Crippen molar-refractivity contribution in [3.63, 3.8) is 0 Å². The van der Waals surface area contributed by atoms with E-state index in [2.05, 4.69) is 26.6 Å². The lowest BCUT2D eigenvalue weighted by atomic mass is 9.47. The number of anilines is 1. The molecule has 1 aliphatic carbocycles. The van der Waals surface area contributed by atoms with E-state index in [4.69, 9.17) is 24.1 Å². The Bertz CT molecular complexity index is 2670. The Morgan fingerprint density at radius 2 is 1.75 bits per heavy atom. The average molecular weight is 935 g/mol. The summed E-state index contributed by atoms with van der Waals surface area (Å²) in [5.41, 5.74) is -3.20. The van der Waals surface area contributed by atoms with Crippen molar-refractivity contribution in [3.05, 3.63) is 70.4 Å². The number of rotatable bonds is 11. The number of aromatic nitrogens is 1. The molecule has 2 bridgehead atoms. The first kappa shape index (κ1) is 47.3. The maximum Gasteiger partial charge on any atom is 0.344 e. The number of carboxylic acids is 1. The number of aliphatic carboxylic acids is 1. The molecular weight excluding hydrogens is 873 g/mol. The molecule has 2 saturated heterocycles. The van der Waals surface area contributed by atoms with Gasteiger partial charge in [-0.05, 0) is 92.8 Å². The van der Waals surface area contributed by atoms with E-state index in [0.29, 0.717) is 107 Å². The molecule has 5 aliphatic heterocycles. The summed E-state index contributed by atoms with van der Waals surface area (Å²) in [6.07, 6.45) is 6.24. The van der Waals surface area contributed by atoms with E-state index in [1.54, 1.807) is 6.07 Å². The van der Waals surface area contributed by atoms with Gasteiger partial charge in [0.1, 0.15) is 11.2 Å². The number of unbranched alkanes of at least 4 members (excludes halogenated alkanes) is 1. The molecule has 1 unspecified atom stereocenters. The number of piperidine rings is 1. The zero-order chi connectivity index (χ0) is 48.6. The van der Waals surface area contributed by atoms with Crippen LogP contribution in [-0.4, -0.2) is 144 Å². The van der Waals surface area contributed by atoms with Gasteiger partial charge in [-0.25, -0.2) is 4.79 Å². The monoisotopic (exact) mass is 934 g/mol. The van der Waals surface area contributed by atoms with Crippen LogP contribution in [-0.2, 0) is 55.4 Å². The first-order chi connectivity index (χ1) is 32.5. The maximum absolute atomic E-state index is 15.6. The Morgan fingerprint density at radius 1 is 0.971 bits per heavy atom. The van der Waals surface area contributed by atoms with E-state index in [9.17, 15) is 29.4 Å². The molecule has 1 spiro atoms. The second-order valence-electron chi connectivity index (χ2n) is 19.9. The molecule has 9 rings (SSSR count). The highest BCUT2D eigenvalue weighted by Gasteiger charge is 2.81. The number of hydrogen-bond donors (Lipinski definition) is 4. The van der Waals surface area contributed by atoms with Crippen LogP contribution in [0.4, 0.5) is 5.69 Å². The molecule has 68 heavy (non-hydrogen) atoms. The van der Waals surface area contributed by atoms with Gasteiger partial charge in [-0.2, -0.15) is 0 Å². The van der Waals surface area contributed by atoms with Crippen LogP contribution in [0.1, 0.15) is 100 Å². The van der Waals surface area contributed by atoms with E-state index in [0.717, 1.165) is 29.1 Å². The number of benzene rings is 2. The van der Waals surface area contributed by atoms with Crippen LogP contribution in [0.15, 0.2) is 42.5 Å². The fourth-order valence-electron chi connectivity index (χ4n) is 14.0. The van der Waals surface area contributed by atoms with Crippen molar-refractivity contribution in [2.24, 2.45) is 11.3 Å². The second-order valence-corrected chi connectivity index (χ2v) is 19.9. The molecule has 3 aromatic rings. The smallest absolute Gasteiger partial charge is 0.344 e.